The molecule has 1 rings (SSSR count). The molecule has 0 N–H and O–H groups in total. The van der Waals surface area contributed by atoms with Crippen LogP contribution in [0.2, 0.25) is 0 Å². The van der Waals surface area contributed by atoms with Crippen molar-refractivity contribution >= 4 is 31.0 Å². The van der Waals surface area contributed by atoms with E-state index in [0.29, 0.717) is 19.2 Å². The molecule has 54 valence electrons. The van der Waals surface area contributed by atoms with Gasteiger partial charge in [-0.3, -0.25) is 0 Å². The first-order valence-corrected chi connectivity index (χ1v) is 5.43. The third-order valence-electron chi connectivity index (χ3n) is 1.04. The summed E-state index contributed by atoms with van der Waals surface area (Å²) >= 11 is 6.27. The van der Waals surface area contributed by atoms with Gasteiger partial charge < -0.3 is 0 Å². The third-order valence-corrected chi connectivity index (χ3v) is 3.33. The van der Waals surface area contributed by atoms with Crippen LogP contribution < -0.4 is 4.46 Å². The van der Waals surface area contributed by atoms with E-state index in [0.717, 1.165) is 0 Å². The molecule has 0 heterocycles. The van der Waals surface area contributed by atoms with Crippen LogP contribution in [-0.4, -0.2) is 19.2 Å². The SMILES string of the molecule is CC(Cl)[Se]c1ccccc1. The van der Waals surface area contributed by atoms with Crippen molar-refractivity contribution in [3.8, 4) is 0 Å². The van der Waals surface area contributed by atoms with Crippen molar-refractivity contribution in [3.63, 3.8) is 0 Å². The zero-order valence-electron chi connectivity index (χ0n) is 5.75. The topological polar surface area (TPSA) is 0 Å². The molecule has 1 unspecified atom stereocenters. The standard InChI is InChI=1S/C8H9ClSe/c1-7(9)10-8-5-3-2-4-6-8/h2-7H,1H3. The van der Waals surface area contributed by atoms with Crippen LogP contribution >= 0.6 is 11.6 Å². The summed E-state index contributed by atoms with van der Waals surface area (Å²) in [5, 5.41) is 0. The van der Waals surface area contributed by atoms with Crippen LogP contribution in [0.1, 0.15) is 6.92 Å². The second kappa shape index (κ2) is 4.02. The Bertz CT molecular complexity index is 184. The number of hydrogen-bond acceptors (Lipinski definition) is 0. The molecule has 0 fully saturated rings. The molecule has 2 heteroatoms. The van der Waals surface area contributed by atoms with Gasteiger partial charge in [0.15, 0.2) is 0 Å². The molecular weight excluding hydrogens is 211 g/mol. The van der Waals surface area contributed by atoms with Gasteiger partial charge in [-0.05, 0) is 0 Å². The molecule has 1 aromatic carbocycles. The molecule has 0 bridgehead atoms. The van der Waals surface area contributed by atoms with Crippen molar-refractivity contribution in [1.29, 1.82) is 0 Å². The van der Waals surface area contributed by atoms with Crippen molar-refractivity contribution < 1.29 is 0 Å². The monoisotopic (exact) mass is 220 g/mol. The van der Waals surface area contributed by atoms with E-state index in [9.17, 15) is 0 Å². The maximum absolute atomic E-state index is 5.84. The number of benzene rings is 1. The predicted octanol–water partition coefficient (Wildman–Crippen LogP) is 1.60. The van der Waals surface area contributed by atoms with Crippen LogP contribution in [0.25, 0.3) is 0 Å². The van der Waals surface area contributed by atoms with Crippen LogP contribution in [0.15, 0.2) is 30.3 Å². The maximum atomic E-state index is 5.84. The van der Waals surface area contributed by atoms with Crippen molar-refractivity contribution in [2.24, 2.45) is 0 Å². The Balaban J connectivity index is 2.59. The molecule has 0 aliphatic rings. The van der Waals surface area contributed by atoms with Gasteiger partial charge in [-0.2, -0.15) is 0 Å². The Morgan fingerprint density at radius 3 is 2.40 bits per heavy atom. The van der Waals surface area contributed by atoms with Crippen LogP contribution in [0, 0.1) is 0 Å². The Hall–Kier alpha value is 0.0295. The quantitative estimate of drug-likeness (QED) is 0.524. The average molecular weight is 220 g/mol. The van der Waals surface area contributed by atoms with Gasteiger partial charge in [-0.15, -0.1) is 0 Å². The van der Waals surface area contributed by atoms with Gasteiger partial charge in [0, 0.05) is 0 Å². The normalized spacial score (nSPS) is 13.0. The molecule has 1 atom stereocenters. The second-order valence-electron chi connectivity index (χ2n) is 1.97. The zero-order chi connectivity index (χ0) is 7.40. The number of halogens is 1. The first kappa shape index (κ1) is 8.13. The van der Waals surface area contributed by atoms with Gasteiger partial charge in [0.1, 0.15) is 0 Å². The van der Waals surface area contributed by atoms with E-state index < -0.39 is 0 Å². The summed E-state index contributed by atoms with van der Waals surface area (Å²) in [5.74, 6) is 0. The summed E-state index contributed by atoms with van der Waals surface area (Å²) in [7, 11) is 0. The molecule has 0 amide bonds. The Morgan fingerprint density at radius 2 is 1.90 bits per heavy atom. The van der Waals surface area contributed by atoms with Crippen LogP contribution in [0.4, 0.5) is 0 Å². The molecule has 1 aromatic rings. The summed E-state index contributed by atoms with van der Waals surface area (Å²) < 4.78 is 1.67. The minimum atomic E-state index is 0.301. The van der Waals surface area contributed by atoms with E-state index in [1.165, 1.54) is 4.46 Å². The summed E-state index contributed by atoms with van der Waals surface area (Å²) in [5.41, 5.74) is 0. The van der Waals surface area contributed by atoms with E-state index in [2.05, 4.69) is 24.3 Å². The average Bonchev–Trinajstić information content (AvgIpc) is 1.88. The number of hydrogen-bond donors (Lipinski definition) is 0. The summed E-state index contributed by atoms with van der Waals surface area (Å²) in [6, 6.07) is 10.4. The van der Waals surface area contributed by atoms with E-state index in [1.54, 1.807) is 0 Å². The van der Waals surface area contributed by atoms with Crippen LogP contribution in [0.3, 0.4) is 0 Å². The number of rotatable bonds is 2. The first-order valence-electron chi connectivity index (χ1n) is 3.15. The second-order valence-corrected chi connectivity index (χ2v) is 6.18. The fourth-order valence-corrected chi connectivity index (χ4v) is 2.67. The third kappa shape index (κ3) is 2.74. The molecule has 0 aliphatic heterocycles. The van der Waals surface area contributed by atoms with Gasteiger partial charge in [-0.1, -0.05) is 0 Å². The van der Waals surface area contributed by atoms with Gasteiger partial charge in [-0.25, -0.2) is 0 Å². The van der Waals surface area contributed by atoms with Crippen LogP contribution in [-0.2, 0) is 0 Å². The fourth-order valence-electron chi connectivity index (χ4n) is 0.687. The molecule has 0 spiro atoms. The molecule has 0 saturated heterocycles. The minimum absolute atomic E-state index is 0.301. The Labute approximate surface area is 72.7 Å². The van der Waals surface area contributed by atoms with Crippen molar-refractivity contribution in [2.45, 2.75) is 11.2 Å². The van der Waals surface area contributed by atoms with Gasteiger partial charge in [0.2, 0.25) is 0 Å². The Kier molecular flexibility index (Phi) is 3.27. The van der Waals surface area contributed by atoms with E-state index >= 15 is 0 Å². The van der Waals surface area contributed by atoms with E-state index in [1.807, 2.05) is 13.0 Å². The van der Waals surface area contributed by atoms with Crippen LogP contribution in [0.5, 0.6) is 0 Å². The van der Waals surface area contributed by atoms with Crippen molar-refractivity contribution in [1.82, 2.24) is 0 Å². The Morgan fingerprint density at radius 1 is 1.30 bits per heavy atom. The van der Waals surface area contributed by atoms with Gasteiger partial charge in [0.25, 0.3) is 0 Å². The molecule has 0 saturated carbocycles. The first-order chi connectivity index (χ1) is 4.79. The molecule has 0 radical (unpaired) electrons. The van der Waals surface area contributed by atoms with Gasteiger partial charge >= 0.3 is 72.6 Å². The fraction of sp³-hybridized carbons (Fsp3) is 0.250. The molecule has 0 aliphatic carbocycles. The summed E-state index contributed by atoms with van der Waals surface area (Å²) in [6.45, 7) is 2.04. The molecular formula is C8H9ClSe. The predicted molar refractivity (Wildman–Crippen MR) is 47.1 cm³/mol. The zero-order valence-corrected chi connectivity index (χ0v) is 8.22. The molecule has 0 nitrogen and oxygen atoms in total. The van der Waals surface area contributed by atoms with Crippen molar-refractivity contribution in [3.05, 3.63) is 30.3 Å². The summed E-state index contributed by atoms with van der Waals surface area (Å²) in [6.07, 6.45) is 0. The molecule has 10 heavy (non-hydrogen) atoms. The van der Waals surface area contributed by atoms with Crippen molar-refractivity contribution in [2.75, 3.05) is 0 Å². The number of alkyl halides is 1. The molecule has 0 aromatic heterocycles. The van der Waals surface area contributed by atoms with Gasteiger partial charge in [0.05, 0.1) is 0 Å². The van der Waals surface area contributed by atoms with E-state index in [4.69, 9.17) is 11.6 Å². The summed E-state index contributed by atoms with van der Waals surface area (Å²) in [4.78, 5) is 0. The van der Waals surface area contributed by atoms with E-state index in [-0.39, 0.29) is 0 Å².